The van der Waals surface area contributed by atoms with Crippen LogP contribution in [-0.4, -0.2) is 18.5 Å². The largest absolute Gasteiger partial charge is 0.297 e. The molecule has 1 aliphatic heterocycles. The van der Waals surface area contributed by atoms with E-state index in [4.69, 9.17) is 0 Å². The van der Waals surface area contributed by atoms with E-state index < -0.39 is 0 Å². The first-order valence-corrected chi connectivity index (χ1v) is 27.8. The Labute approximate surface area is 405 Å². The van der Waals surface area contributed by atoms with Crippen molar-refractivity contribution >= 4 is 302 Å². The summed E-state index contributed by atoms with van der Waals surface area (Å²) < 4.78 is 0. The third-order valence-electron chi connectivity index (χ3n) is 27.0. The third-order valence-corrected chi connectivity index (χ3v) is 27.0. The van der Waals surface area contributed by atoms with Gasteiger partial charge in [0.2, 0.25) is 0 Å². The molecule has 35 rings (SSSR count). The van der Waals surface area contributed by atoms with Crippen LogP contribution >= 0.6 is 0 Å². The molecule has 0 saturated carbocycles. The van der Waals surface area contributed by atoms with Gasteiger partial charge in [-0.05, 0) is 343 Å². The number of likely N-dealkylation sites (N-methyl/N-ethyl adjacent to an activating group) is 1. The maximum Gasteiger partial charge on any atom is 0.0575 e. The molecule has 1 nitrogen and oxygen atoms in total. The van der Waals surface area contributed by atoms with Gasteiger partial charge in [0.15, 0.2) is 0 Å². The van der Waals surface area contributed by atoms with E-state index >= 15 is 0 Å². The van der Waals surface area contributed by atoms with E-state index in [1.54, 1.807) is 313 Å². The van der Waals surface area contributed by atoms with Crippen LogP contribution in [0.1, 0.15) is 33.9 Å². The van der Waals surface area contributed by atoms with Crippen LogP contribution in [0.2, 0.25) is 0 Å². The van der Waals surface area contributed by atoms with Gasteiger partial charge in [0, 0.05) is 12.6 Å². The van der Waals surface area contributed by atoms with Crippen LogP contribution in [0.3, 0.4) is 0 Å². The first-order chi connectivity index (χ1) is 36.8. The highest BCUT2D eigenvalue weighted by Gasteiger charge is 2.75. The van der Waals surface area contributed by atoms with Gasteiger partial charge in [0.1, 0.15) is 0 Å². The van der Waals surface area contributed by atoms with Crippen molar-refractivity contribution in [1.29, 1.82) is 0 Å². The lowest BCUT2D eigenvalue weighted by Gasteiger charge is -2.52. The van der Waals surface area contributed by atoms with Crippen molar-refractivity contribution in [2.24, 2.45) is 0 Å². The second-order valence-electron chi connectivity index (χ2n) is 27.4. The van der Waals surface area contributed by atoms with Crippen LogP contribution in [0.15, 0.2) is 42.5 Å². The van der Waals surface area contributed by atoms with Gasteiger partial charge >= 0.3 is 0 Å². The maximum absolute atomic E-state index is 2.97. The highest BCUT2D eigenvalue weighted by atomic mass is 15.2. The molecule has 30 aromatic carbocycles. The highest BCUT2D eigenvalue weighted by Crippen LogP contribution is 2.87. The Balaban J connectivity index is 1.11. The smallest absolute Gasteiger partial charge is 0.0575 e. The summed E-state index contributed by atoms with van der Waals surface area (Å²) in [5.41, 5.74) is 8.04. The Hall–Kier alpha value is -8.88. The summed E-state index contributed by atoms with van der Waals surface area (Å²) in [5, 5.41) is 93.2. The normalized spacial score (nSPS) is 23.3. The summed E-state index contributed by atoms with van der Waals surface area (Å²) in [6.07, 6.45) is 0. The molecule has 0 bridgehead atoms. The van der Waals surface area contributed by atoms with E-state index in [1.165, 1.54) is 16.3 Å². The number of benzene rings is 20. The number of nitrogens with zero attached hydrogens (tertiary/aromatic N) is 1. The minimum atomic E-state index is -0.324. The molecule has 4 aliphatic carbocycles. The zero-order chi connectivity index (χ0) is 44.0. The van der Waals surface area contributed by atoms with Gasteiger partial charge in [-0.1, -0.05) is 36.4 Å². The van der Waals surface area contributed by atoms with E-state index in [0.29, 0.717) is 0 Å². The van der Waals surface area contributed by atoms with Crippen molar-refractivity contribution in [2.75, 3.05) is 13.6 Å². The molecule has 5 aliphatic rings. The van der Waals surface area contributed by atoms with E-state index in [2.05, 4.69) is 54.4 Å². The van der Waals surface area contributed by atoms with Gasteiger partial charge in [-0.3, -0.25) is 4.90 Å². The second-order valence-corrected chi connectivity index (χ2v) is 27.4. The van der Waals surface area contributed by atoms with E-state index in [-0.39, 0.29) is 16.9 Å². The maximum atomic E-state index is 2.97. The standard InChI is InChI=1S/C73H13N/c1-74-9-72-67-59-51-41-31-23-15-13-14-17-21-19(15)27-35-29(21)39-33-25(17)26-18(14)22-20-16(13)24(23)32-38-28(20)36-30(22)40-34(26)44-43(33)55-49(39)57-47(35)53(45(51)37(27)31)61(67)63(57)69-65(55)66-56(44)50(40)58-48(36)54-46(38)52(42(32)41)60(59)68(72)62(54)64(58)70(66)73(69,72)71(74)12-7-6-10-4-2-3-5-11(10)8-12/h2-8,71H,9H2,1H3. The Bertz CT molecular complexity index is 7570. The topological polar surface area (TPSA) is 3.24 Å². The Morgan fingerprint density at radius 1 is 0.270 bits per heavy atom. The zero-order valence-electron chi connectivity index (χ0n) is 38.3. The molecular weight excluding hydrogens is 891 g/mol. The van der Waals surface area contributed by atoms with Crippen LogP contribution in [0.25, 0.3) is 302 Å². The van der Waals surface area contributed by atoms with Gasteiger partial charge in [-0.25, -0.2) is 0 Å². The number of hydrogen-bond donors (Lipinski definition) is 0. The molecule has 310 valence electrons. The predicted octanol–water partition coefficient (Wildman–Crippen LogP) is 19.1. The quantitative estimate of drug-likeness (QED) is 0.148. The highest BCUT2D eigenvalue weighted by molar-refractivity contribution is 6.82. The van der Waals surface area contributed by atoms with Crippen LogP contribution in [0.5, 0.6) is 0 Å². The van der Waals surface area contributed by atoms with Gasteiger partial charge in [0.25, 0.3) is 0 Å². The molecule has 0 N–H and O–H groups in total. The first-order valence-electron chi connectivity index (χ1n) is 27.8. The van der Waals surface area contributed by atoms with Crippen molar-refractivity contribution in [3.63, 3.8) is 0 Å². The molecule has 1 unspecified atom stereocenters. The molecule has 2 spiro atoms. The number of likely N-dealkylation sites (tertiary alicyclic amines) is 1. The van der Waals surface area contributed by atoms with E-state index in [1.807, 2.05) is 0 Å². The van der Waals surface area contributed by atoms with Gasteiger partial charge < -0.3 is 0 Å². The lowest BCUT2D eigenvalue weighted by atomic mass is 9.47. The van der Waals surface area contributed by atoms with Crippen LogP contribution in [-0.2, 0) is 10.8 Å². The van der Waals surface area contributed by atoms with E-state index in [9.17, 15) is 0 Å². The number of rotatable bonds is 1. The monoisotopic (exact) mass is 903 g/mol. The van der Waals surface area contributed by atoms with Gasteiger partial charge in [0.05, 0.1) is 10.8 Å². The summed E-state index contributed by atoms with van der Waals surface area (Å²) in [6, 6.07) is 17.2. The zero-order valence-corrected chi connectivity index (χ0v) is 38.3. The van der Waals surface area contributed by atoms with Gasteiger partial charge in [-0.2, -0.15) is 0 Å². The summed E-state index contributed by atoms with van der Waals surface area (Å²) in [5.74, 6) is 0. The molecule has 1 atom stereocenters. The predicted molar refractivity (Wildman–Crippen MR) is 313 cm³/mol. The third kappa shape index (κ3) is 1.50. The van der Waals surface area contributed by atoms with E-state index in [0.717, 1.165) is 6.54 Å². The van der Waals surface area contributed by atoms with Crippen LogP contribution < -0.4 is 0 Å². The first kappa shape index (κ1) is 27.8. The fourth-order valence-corrected chi connectivity index (χ4v) is 26.9. The molecule has 1 saturated heterocycles. The fraction of sp³-hybridized carbons (Fsp3) is 0.0685. The second kappa shape index (κ2) is 6.38. The minimum Gasteiger partial charge on any atom is -0.297 e. The lowest BCUT2D eigenvalue weighted by Crippen LogP contribution is -2.51. The number of hydrogen-bond acceptors (Lipinski definition) is 1. The van der Waals surface area contributed by atoms with Crippen molar-refractivity contribution in [3.8, 4) is 0 Å². The Morgan fingerprint density at radius 3 is 0.770 bits per heavy atom. The van der Waals surface area contributed by atoms with Crippen LogP contribution in [0.4, 0.5) is 0 Å². The Morgan fingerprint density at radius 2 is 0.500 bits per heavy atom. The average Bonchev–Trinajstić information content (AvgIpc) is 4.36. The molecule has 0 amide bonds. The number of fused-ring (bicyclic) bond motifs is 1. The van der Waals surface area contributed by atoms with Crippen molar-refractivity contribution in [1.82, 2.24) is 4.90 Å². The summed E-state index contributed by atoms with van der Waals surface area (Å²) >= 11 is 0. The molecule has 0 aromatic heterocycles. The molecule has 1 fully saturated rings. The van der Waals surface area contributed by atoms with Gasteiger partial charge in [-0.15, -0.1) is 0 Å². The summed E-state index contributed by atoms with van der Waals surface area (Å²) in [4.78, 5) is 2.97. The van der Waals surface area contributed by atoms with Crippen LogP contribution in [0, 0.1) is 0 Å². The summed E-state index contributed by atoms with van der Waals surface area (Å²) in [6.45, 7) is 1.04. The summed E-state index contributed by atoms with van der Waals surface area (Å²) in [7, 11) is 2.59. The SMILES string of the molecule is CN1CC23c4c5c6c7c8c9c(c%10c%11c2c2c4c4c%12c5c5c6c6c8c8c%13c9c9c%10c%10c%11c%11c2c2c4c4c%12c%12c5c5c6c8c6c8c%13c9c9c%10c%10c%11c2c2c4c4c%12c5c6c5c8c9c%10c2c45)C73C1c1ccc2ccccc2c1. The molecule has 30 aromatic rings. The Kier molecular flexibility index (Phi) is 2.40. The minimum absolute atomic E-state index is 0.155. The molecule has 1 heteroatoms. The molecule has 0 radical (unpaired) electrons. The van der Waals surface area contributed by atoms with Crippen molar-refractivity contribution < 1.29 is 0 Å². The average molecular weight is 904 g/mol. The lowest BCUT2D eigenvalue weighted by molar-refractivity contribution is 0.271. The van der Waals surface area contributed by atoms with Crippen molar-refractivity contribution in [3.05, 3.63) is 70.3 Å². The molecule has 74 heavy (non-hydrogen) atoms. The molecular formula is C73H13N. The fourth-order valence-electron chi connectivity index (χ4n) is 26.9. The molecule has 1 heterocycles. The van der Waals surface area contributed by atoms with Crippen molar-refractivity contribution in [2.45, 2.75) is 16.9 Å².